The minimum Gasteiger partial charge on any atom is -0.389 e. The van der Waals surface area contributed by atoms with Gasteiger partial charge in [0.2, 0.25) is 10.0 Å². The van der Waals surface area contributed by atoms with E-state index in [0.717, 1.165) is 6.42 Å². The lowest BCUT2D eigenvalue weighted by molar-refractivity contribution is 0.297. The molecule has 4 nitrogen and oxygen atoms in total. The number of hydrogen-bond donors (Lipinski definition) is 2. The predicted octanol–water partition coefficient (Wildman–Crippen LogP) is 1.93. The van der Waals surface area contributed by atoms with E-state index in [1.165, 1.54) is 19.3 Å². The van der Waals surface area contributed by atoms with Gasteiger partial charge in [0.1, 0.15) is 4.99 Å². The number of nitrogens with one attached hydrogen (secondary N) is 1. The highest BCUT2D eigenvalue weighted by molar-refractivity contribution is 7.88. The van der Waals surface area contributed by atoms with Gasteiger partial charge in [0, 0.05) is 12.1 Å². The average molecular weight is 312 g/mol. The van der Waals surface area contributed by atoms with E-state index in [2.05, 4.69) is 4.72 Å². The largest absolute Gasteiger partial charge is 0.389 e. The summed E-state index contributed by atoms with van der Waals surface area (Å²) in [5, 5.41) is 0. The van der Waals surface area contributed by atoms with Crippen molar-refractivity contribution in [1.82, 2.24) is 4.72 Å². The van der Waals surface area contributed by atoms with Gasteiger partial charge in [-0.3, -0.25) is 0 Å². The summed E-state index contributed by atoms with van der Waals surface area (Å²) in [4.78, 5) is 0.227. The van der Waals surface area contributed by atoms with E-state index in [-0.39, 0.29) is 10.7 Å². The normalized spacial score (nSPS) is 15.8. The molecule has 20 heavy (non-hydrogen) atoms. The zero-order valence-corrected chi connectivity index (χ0v) is 13.0. The van der Waals surface area contributed by atoms with Gasteiger partial charge in [-0.25, -0.2) is 13.1 Å². The zero-order chi connectivity index (χ0) is 14.6. The first-order valence-corrected chi connectivity index (χ1v) is 8.89. The van der Waals surface area contributed by atoms with Gasteiger partial charge in [-0.05, 0) is 17.9 Å². The fourth-order valence-electron chi connectivity index (χ4n) is 2.34. The number of hydrogen-bond acceptors (Lipinski definition) is 3. The van der Waals surface area contributed by atoms with Crippen molar-refractivity contribution in [2.75, 3.05) is 6.54 Å². The molecule has 110 valence electrons. The molecule has 0 radical (unpaired) electrons. The summed E-state index contributed by atoms with van der Waals surface area (Å²) in [5.41, 5.74) is 6.90. The van der Waals surface area contributed by atoms with Crippen LogP contribution in [0.4, 0.5) is 0 Å². The molecule has 0 spiro atoms. The van der Waals surface area contributed by atoms with Crippen molar-refractivity contribution in [3.8, 4) is 0 Å². The Morgan fingerprint density at radius 3 is 2.65 bits per heavy atom. The molecule has 2 rings (SSSR count). The smallest absolute Gasteiger partial charge is 0.215 e. The van der Waals surface area contributed by atoms with Gasteiger partial charge in [-0.1, -0.05) is 55.7 Å². The highest BCUT2D eigenvalue weighted by Crippen LogP contribution is 2.28. The fraction of sp³-hybridized carbons (Fsp3) is 0.500. The molecule has 1 aromatic rings. The fourth-order valence-corrected chi connectivity index (χ4v) is 3.73. The lowest BCUT2D eigenvalue weighted by Crippen LogP contribution is -2.29. The van der Waals surface area contributed by atoms with Crippen LogP contribution < -0.4 is 10.5 Å². The summed E-state index contributed by atoms with van der Waals surface area (Å²) >= 11 is 4.95. The van der Waals surface area contributed by atoms with Crippen molar-refractivity contribution in [1.29, 1.82) is 0 Å². The molecule has 0 aliphatic heterocycles. The number of rotatable bonds is 7. The number of thiocarbonyl (C=S) groups is 1. The molecule has 0 saturated heterocycles. The van der Waals surface area contributed by atoms with Crippen molar-refractivity contribution in [2.45, 2.75) is 31.4 Å². The Morgan fingerprint density at radius 2 is 2.05 bits per heavy atom. The van der Waals surface area contributed by atoms with Crippen LogP contribution in [-0.4, -0.2) is 20.0 Å². The molecule has 1 aliphatic carbocycles. The second-order valence-electron chi connectivity index (χ2n) is 5.26. The van der Waals surface area contributed by atoms with Gasteiger partial charge in [0.05, 0.1) is 5.75 Å². The first-order valence-electron chi connectivity index (χ1n) is 6.83. The lowest BCUT2D eigenvalue weighted by atomic mass is 9.83. The van der Waals surface area contributed by atoms with Gasteiger partial charge in [0.15, 0.2) is 0 Å². The summed E-state index contributed by atoms with van der Waals surface area (Å²) in [6.45, 7) is 0.516. The van der Waals surface area contributed by atoms with Gasteiger partial charge >= 0.3 is 0 Å². The highest BCUT2D eigenvalue weighted by atomic mass is 32.2. The van der Waals surface area contributed by atoms with Crippen LogP contribution in [0, 0.1) is 5.92 Å². The molecule has 0 amide bonds. The predicted molar refractivity (Wildman–Crippen MR) is 84.9 cm³/mol. The molecule has 0 heterocycles. The van der Waals surface area contributed by atoms with Crippen molar-refractivity contribution >= 4 is 27.2 Å². The molecule has 0 aromatic heterocycles. The Morgan fingerprint density at radius 1 is 1.35 bits per heavy atom. The van der Waals surface area contributed by atoms with Crippen LogP contribution in [0.2, 0.25) is 0 Å². The first kappa shape index (κ1) is 15.4. The molecule has 0 unspecified atom stereocenters. The SMILES string of the molecule is NC(=S)c1ccccc1CS(=O)(=O)NCCC1CCC1. The van der Waals surface area contributed by atoms with Crippen LogP contribution in [0.3, 0.4) is 0 Å². The van der Waals surface area contributed by atoms with Gasteiger partial charge < -0.3 is 5.73 Å². The summed E-state index contributed by atoms with van der Waals surface area (Å²) in [5.74, 6) is 0.618. The van der Waals surface area contributed by atoms with Crippen LogP contribution in [0.25, 0.3) is 0 Å². The van der Waals surface area contributed by atoms with E-state index in [9.17, 15) is 8.42 Å². The van der Waals surface area contributed by atoms with E-state index >= 15 is 0 Å². The van der Waals surface area contributed by atoms with Crippen molar-refractivity contribution < 1.29 is 8.42 Å². The average Bonchev–Trinajstić information content (AvgIpc) is 2.32. The molecule has 1 fully saturated rings. The molecular formula is C14H20N2O2S2. The summed E-state index contributed by atoms with van der Waals surface area (Å²) in [7, 11) is -3.34. The topological polar surface area (TPSA) is 72.2 Å². The second kappa shape index (κ2) is 6.65. The summed E-state index contributed by atoms with van der Waals surface area (Å²) in [6.07, 6.45) is 4.66. The standard InChI is InChI=1S/C14H20N2O2S2/c15-14(19)13-7-2-1-6-12(13)10-20(17,18)16-9-8-11-4-3-5-11/h1-2,6-7,11,16H,3-5,8-10H2,(H2,15,19). The van der Waals surface area contributed by atoms with Crippen LogP contribution >= 0.6 is 12.2 Å². The maximum atomic E-state index is 12.1. The Balaban J connectivity index is 1.95. The first-order chi connectivity index (χ1) is 9.48. The minimum atomic E-state index is -3.34. The Hall–Kier alpha value is -0.980. The number of sulfonamides is 1. The molecule has 0 bridgehead atoms. The van der Waals surface area contributed by atoms with E-state index < -0.39 is 10.0 Å². The van der Waals surface area contributed by atoms with Crippen molar-refractivity contribution in [2.24, 2.45) is 11.7 Å². The Labute approximate surface area is 125 Å². The minimum absolute atomic E-state index is 0.0782. The van der Waals surface area contributed by atoms with E-state index in [1.807, 2.05) is 0 Å². The van der Waals surface area contributed by atoms with Crippen LogP contribution in [0.1, 0.15) is 36.8 Å². The molecule has 1 aliphatic rings. The summed E-state index contributed by atoms with van der Waals surface area (Å²) in [6, 6.07) is 7.09. The third-order valence-electron chi connectivity index (χ3n) is 3.73. The zero-order valence-electron chi connectivity index (χ0n) is 11.3. The third-order valence-corrected chi connectivity index (χ3v) is 5.28. The van der Waals surface area contributed by atoms with Crippen LogP contribution in [0.15, 0.2) is 24.3 Å². The monoisotopic (exact) mass is 312 g/mol. The van der Waals surface area contributed by atoms with Crippen LogP contribution in [0.5, 0.6) is 0 Å². The summed E-state index contributed by atoms with van der Waals surface area (Å²) < 4.78 is 26.8. The number of benzene rings is 1. The second-order valence-corrected chi connectivity index (χ2v) is 7.51. The molecule has 1 saturated carbocycles. The van der Waals surface area contributed by atoms with Crippen molar-refractivity contribution in [3.05, 3.63) is 35.4 Å². The van der Waals surface area contributed by atoms with E-state index in [4.69, 9.17) is 18.0 Å². The van der Waals surface area contributed by atoms with E-state index in [1.54, 1.807) is 24.3 Å². The number of nitrogens with two attached hydrogens (primary N) is 1. The molecule has 6 heteroatoms. The third kappa shape index (κ3) is 4.26. The maximum Gasteiger partial charge on any atom is 0.215 e. The van der Waals surface area contributed by atoms with Gasteiger partial charge in [-0.2, -0.15) is 0 Å². The van der Waals surface area contributed by atoms with E-state index in [0.29, 0.717) is 23.6 Å². The Kier molecular flexibility index (Phi) is 5.12. The lowest BCUT2D eigenvalue weighted by Gasteiger charge is -2.25. The van der Waals surface area contributed by atoms with Crippen molar-refractivity contribution in [3.63, 3.8) is 0 Å². The highest BCUT2D eigenvalue weighted by Gasteiger charge is 2.19. The molecule has 0 atom stereocenters. The van der Waals surface area contributed by atoms with Gasteiger partial charge in [0.25, 0.3) is 0 Å². The quantitative estimate of drug-likeness (QED) is 0.755. The molecule has 1 aromatic carbocycles. The molecular weight excluding hydrogens is 292 g/mol. The Bertz CT molecular complexity index is 581. The maximum absolute atomic E-state index is 12.1. The van der Waals surface area contributed by atoms with Gasteiger partial charge in [-0.15, -0.1) is 0 Å². The van der Waals surface area contributed by atoms with Crippen LogP contribution in [-0.2, 0) is 15.8 Å². The molecule has 3 N–H and O–H groups in total.